The van der Waals surface area contributed by atoms with Gasteiger partial charge in [-0.05, 0) is 93.0 Å². The van der Waals surface area contributed by atoms with Gasteiger partial charge in [-0.2, -0.15) is 10.4 Å². The highest BCUT2D eigenvalue weighted by atomic mass is 35.5. The van der Waals surface area contributed by atoms with E-state index in [0.29, 0.717) is 52.6 Å². The number of rotatable bonds is 8. The second-order valence-corrected chi connectivity index (χ2v) is 17.0. The highest BCUT2D eigenvalue weighted by Crippen LogP contribution is 2.52. The summed E-state index contributed by atoms with van der Waals surface area (Å²) >= 11 is 13.2. The number of nitrogens with one attached hydrogen (secondary N) is 1. The van der Waals surface area contributed by atoms with Crippen LogP contribution in [0.3, 0.4) is 0 Å². The Bertz CT molecular complexity index is 2340. The molecule has 3 saturated carbocycles. The van der Waals surface area contributed by atoms with Crippen molar-refractivity contribution in [2.75, 3.05) is 13.1 Å². The van der Waals surface area contributed by atoms with Gasteiger partial charge in [0.05, 0.1) is 46.0 Å². The molecule has 3 aliphatic carbocycles. The molecule has 6 heterocycles. The number of likely N-dealkylation sites (tertiary alicyclic amines) is 1. The first kappa shape index (κ1) is 33.6. The fourth-order valence-corrected chi connectivity index (χ4v) is 10.6. The Hall–Kier alpha value is -3.97. The molecule has 1 N–H and O–H groups in total. The summed E-state index contributed by atoms with van der Waals surface area (Å²) in [7, 11) is 0. The van der Waals surface area contributed by atoms with Crippen molar-refractivity contribution in [3.05, 3.63) is 81.1 Å². The largest absolute Gasteiger partial charge is 0.337 e. The van der Waals surface area contributed by atoms with Gasteiger partial charge in [-0.1, -0.05) is 48.2 Å². The Labute approximate surface area is 318 Å². The van der Waals surface area contributed by atoms with Crippen LogP contribution in [0.2, 0.25) is 10.0 Å². The number of aryl methyl sites for hydroxylation is 2. The van der Waals surface area contributed by atoms with Crippen LogP contribution in [-0.4, -0.2) is 49.3 Å². The lowest BCUT2D eigenvalue weighted by molar-refractivity contribution is -0.133. The number of benzene rings is 2. The fraction of sp³-hybridized carbons (Fsp3) is 0.476. The van der Waals surface area contributed by atoms with Crippen LogP contribution in [0.1, 0.15) is 104 Å². The number of hydrogen-bond acceptors (Lipinski definition) is 5. The molecule has 0 spiro atoms. The van der Waals surface area contributed by atoms with Gasteiger partial charge in [0.1, 0.15) is 5.52 Å². The van der Waals surface area contributed by atoms with Crippen molar-refractivity contribution in [1.82, 2.24) is 29.5 Å². The van der Waals surface area contributed by atoms with Gasteiger partial charge in [-0.3, -0.25) is 9.48 Å². The number of fused-ring (bicyclic) bond motifs is 4. The first-order chi connectivity index (χ1) is 25.8. The SMILES string of the molecule is Cc1nc2c(F)c(-c3cccc(Cl)c3Cl)c(CCC#N)cc2c2c1cc([C@H]1C[C@H](n3cc(C4CCCC4)cn3)CN1C(=O)C1CC1)n2[C@H]1[C@H]2CN[C@@H]1C2. The second-order valence-electron chi connectivity index (χ2n) is 16.2. The van der Waals surface area contributed by atoms with Crippen molar-refractivity contribution in [2.24, 2.45) is 11.8 Å². The van der Waals surface area contributed by atoms with Crippen LogP contribution in [0.4, 0.5) is 4.39 Å². The number of hydrogen-bond donors (Lipinski definition) is 1. The molecule has 3 aromatic heterocycles. The van der Waals surface area contributed by atoms with E-state index in [1.165, 1.54) is 31.2 Å². The van der Waals surface area contributed by atoms with Crippen LogP contribution in [0.25, 0.3) is 32.9 Å². The van der Waals surface area contributed by atoms with Crippen molar-refractivity contribution in [3.63, 3.8) is 0 Å². The summed E-state index contributed by atoms with van der Waals surface area (Å²) in [5.74, 6) is 0.874. The molecule has 6 aliphatic rings. The smallest absolute Gasteiger partial charge is 0.226 e. The number of nitriles is 1. The summed E-state index contributed by atoms with van der Waals surface area (Å²) in [4.78, 5) is 21.3. The average Bonchev–Trinajstić information content (AvgIpc) is 3.83. The Morgan fingerprint density at radius 1 is 1.11 bits per heavy atom. The van der Waals surface area contributed by atoms with Gasteiger partial charge in [0.2, 0.25) is 5.91 Å². The third kappa shape index (κ3) is 5.34. The van der Waals surface area contributed by atoms with Crippen LogP contribution >= 0.6 is 23.2 Å². The number of pyridine rings is 1. The van der Waals surface area contributed by atoms with E-state index >= 15 is 4.39 Å². The maximum absolute atomic E-state index is 17.2. The van der Waals surface area contributed by atoms with Crippen molar-refractivity contribution in [2.45, 2.75) is 101 Å². The Kier molecular flexibility index (Phi) is 8.12. The first-order valence-electron chi connectivity index (χ1n) is 19.4. The molecule has 0 unspecified atom stereocenters. The molecule has 6 fully saturated rings. The lowest BCUT2D eigenvalue weighted by atomic mass is 9.79. The summed E-state index contributed by atoms with van der Waals surface area (Å²) < 4.78 is 21.8. The molecule has 0 radical (unpaired) electrons. The zero-order chi connectivity index (χ0) is 36.1. The number of amides is 1. The van der Waals surface area contributed by atoms with Crippen molar-refractivity contribution in [3.8, 4) is 17.2 Å². The Morgan fingerprint density at radius 3 is 2.68 bits per heavy atom. The second kappa shape index (κ2) is 12.8. The van der Waals surface area contributed by atoms with E-state index in [9.17, 15) is 10.1 Å². The Morgan fingerprint density at radius 2 is 1.94 bits per heavy atom. The van der Waals surface area contributed by atoms with Gasteiger partial charge in [0.25, 0.3) is 0 Å². The normalized spacial score (nSPS) is 25.5. The number of nitrogens with zero attached hydrogens (tertiary/aromatic N) is 6. The van der Waals surface area contributed by atoms with E-state index in [1.807, 2.05) is 13.0 Å². The third-order valence-corrected chi connectivity index (χ3v) is 13.9. The molecular formula is C42H42Cl2FN7O. The monoisotopic (exact) mass is 749 g/mol. The molecule has 11 heteroatoms. The van der Waals surface area contributed by atoms with Crippen molar-refractivity contribution < 1.29 is 9.18 Å². The zero-order valence-electron chi connectivity index (χ0n) is 29.8. The lowest BCUT2D eigenvalue weighted by Gasteiger charge is -2.39. The highest BCUT2D eigenvalue weighted by molar-refractivity contribution is 6.43. The minimum absolute atomic E-state index is 0.0663. The van der Waals surface area contributed by atoms with E-state index in [0.717, 1.165) is 59.9 Å². The number of carbonyl (C=O) groups excluding carboxylic acids is 1. The minimum Gasteiger partial charge on any atom is -0.337 e. The molecule has 272 valence electrons. The Balaban J connectivity index is 1.17. The first-order valence-corrected chi connectivity index (χ1v) is 20.1. The molecule has 11 rings (SSSR count). The molecule has 2 bridgehead atoms. The van der Waals surface area contributed by atoms with Gasteiger partial charge in [0.15, 0.2) is 5.82 Å². The molecule has 1 amide bonds. The summed E-state index contributed by atoms with van der Waals surface area (Å²) in [6.07, 6.45) is 13.6. The van der Waals surface area contributed by atoms with Gasteiger partial charge < -0.3 is 14.8 Å². The van der Waals surface area contributed by atoms with Crippen LogP contribution < -0.4 is 5.32 Å². The van der Waals surface area contributed by atoms with Crippen LogP contribution in [-0.2, 0) is 11.2 Å². The standard InChI is InChI=1S/C42H42Cl2FN7O/c1-22-30-17-35(34-16-28(21-50(34)42(53)24-11-12-24)51-20-27(19-48-51)23-6-2-3-7-23)52(40-26-15-33(40)47-18-26)41(30)31-14-25(8-5-13-46)36(38(45)39(31)49-22)29-9-4-10-32(43)37(29)44/h4,9-10,14,17,19-20,23-24,26,28,33-34,40,47H,2-3,5-8,11-12,15-16,18,21H2,1H3/t26-,28+,33-,34-,40+/m1/s1. The molecule has 53 heavy (non-hydrogen) atoms. The zero-order valence-corrected chi connectivity index (χ0v) is 31.3. The van der Waals surface area contributed by atoms with Crippen LogP contribution in [0.15, 0.2) is 42.7 Å². The lowest BCUT2D eigenvalue weighted by Crippen LogP contribution is -2.41. The predicted molar refractivity (Wildman–Crippen MR) is 205 cm³/mol. The van der Waals surface area contributed by atoms with Gasteiger partial charge in [-0.15, -0.1) is 0 Å². The summed E-state index contributed by atoms with van der Waals surface area (Å²) in [6.45, 7) is 3.51. The average molecular weight is 751 g/mol. The van der Waals surface area contributed by atoms with Crippen molar-refractivity contribution >= 4 is 50.9 Å². The van der Waals surface area contributed by atoms with Gasteiger partial charge in [0, 0.05) is 71.0 Å². The van der Waals surface area contributed by atoms with E-state index in [4.69, 9.17) is 33.3 Å². The van der Waals surface area contributed by atoms with Crippen LogP contribution in [0.5, 0.6) is 0 Å². The topological polar surface area (TPSA) is 91.8 Å². The maximum atomic E-state index is 17.2. The molecule has 3 saturated heterocycles. The molecular weight excluding hydrogens is 708 g/mol. The van der Waals surface area contributed by atoms with Crippen molar-refractivity contribution in [1.29, 1.82) is 5.26 Å². The third-order valence-electron chi connectivity index (χ3n) is 13.1. The highest BCUT2D eigenvalue weighted by Gasteiger charge is 2.51. The molecule has 3 aliphatic heterocycles. The number of carbonyl (C=O) groups is 1. The quantitative estimate of drug-likeness (QED) is 0.171. The maximum Gasteiger partial charge on any atom is 0.226 e. The van der Waals surface area contributed by atoms with E-state index in [1.54, 1.807) is 18.2 Å². The van der Waals surface area contributed by atoms with Crippen LogP contribution in [0, 0.1) is 35.9 Å². The predicted octanol–water partition coefficient (Wildman–Crippen LogP) is 9.38. The van der Waals surface area contributed by atoms with Gasteiger partial charge >= 0.3 is 0 Å². The number of aromatic nitrogens is 4. The molecule has 5 atom stereocenters. The van der Waals surface area contributed by atoms with E-state index < -0.39 is 5.82 Å². The summed E-state index contributed by atoms with van der Waals surface area (Å²) in [5, 5.41) is 20.6. The van der Waals surface area contributed by atoms with Gasteiger partial charge in [-0.25, -0.2) is 9.37 Å². The fourth-order valence-electron chi connectivity index (χ4n) is 10.2. The molecule has 8 nitrogen and oxygen atoms in total. The molecule has 2 aromatic carbocycles. The number of halogens is 3. The van der Waals surface area contributed by atoms with E-state index in [-0.39, 0.29) is 46.9 Å². The van der Waals surface area contributed by atoms with E-state index in [2.05, 4.69) is 44.0 Å². The summed E-state index contributed by atoms with van der Waals surface area (Å²) in [6, 6.07) is 12.2. The minimum atomic E-state index is -0.461. The summed E-state index contributed by atoms with van der Waals surface area (Å²) in [5.41, 5.74) is 5.91. The molecule has 5 aromatic rings.